The number of rotatable bonds is 6. The molecule has 1 saturated carbocycles. The zero-order valence-electron chi connectivity index (χ0n) is 13.1. The Morgan fingerprint density at radius 1 is 1.33 bits per heavy atom. The van der Waals surface area contributed by atoms with E-state index < -0.39 is 0 Å². The molecular weight excluding hydrogens is 262 g/mol. The molecule has 1 saturated heterocycles. The first-order valence-electron chi connectivity index (χ1n) is 8.38. The molecule has 4 nitrogen and oxygen atoms in total. The lowest BCUT2D eigenvalue weighted by Gasteiger charge is -2.37. The van der Waals surface area contributed by atoms with Gasteiger partial charge in [0.15, 0.2) is 0 Å². The maximum atomic E-state index is 5.89. The summed E-state index contributed by atoms with van der Waals surface area (Å²) < 4.78 is 5.89. The molecule has 1 N–H and O–H groups in total. The van der Waals surface area contributed by atoms with E-state index in [1.807, 2.05) is 0 Å². The highest BCUT2D eigenvalue weighted by Crippen LogP contribution is 2.30. The molecule has 1 aromatic heterocycles. The molecule has 1 aliphatic carbocycles. The normalized spacial score (nSPS) is 26.0. The molecule has 116 valence electrons. The van der Waals surface area contributed by atoms with Crippen LogP contribution in [0.4, 0.5) is 0 Å². The minimum Gasteiger partial charge on any atom is -0.375 e. The van der Waals surface area contributed by atoms with Crippen molar-refractivity contribution < 1.29 is 4.74 Å². The average Bonchev–Trinajstić information content (AvgIpc) is 2.98. The van der Waals surface area contributed by atoms with Gasteiger partial charge < -0.3 is 10.1 Å². The Bertz CT molecular complexity index is 451. The smallest absolute Gasteiger partial charge is 0.0731 e. The van der Waals surface area contributed by atoms with E-state index in [2.05, 4.69) is 35.3 Å². The van der Waals surface area contributed by atoms with Crippen LogP contribution >= 0.6 is 0 Å². The van der Waals surface area contributed by atoms with Crippen molar-refractivity contribution >= 4 is 0 Å². The third kappa shape index (κ3) is 3.82. The Balaban J connectivity index is 1.60. The van der Waals surface area contributed by atoms with Crippen LogP contribution in [-0.4, -0.2) is 41.7 Å². The van der Waals surface area contributed by atoms with Gasteiger partial charge >= 0.3 is 0 Å². The van der Waals surface area contributed by atoms with E-state index in [9.17, 15) is 0 Å². The quantitative estimate of drug-likeness (QED) is 0.816. The maximum Gasteiger partial charge on any atom is 0.0731 e. The topological polar surface area (TPSA) is 37.4 Å². The molecule has 0 spiro atoms. The number of hydrogen-bond donors (Lipinski definition) is 1. The van der Waals surface area contributed by atoms with Crippen LogP contribution in [0.1, 0.15) is 44.0 Å². The average molecular weight is 289 g/mol. The largest absolute Gasteiger partial charge is 0.375 e. The number of aromatic nitrogens is 1. The number of morpholine rings is 1. The number of hydrogen-bond acceptors (Lipinski definition) is 4. The van der Waals surface area contributed by atoms with Gasteiger partial charge in [-0.1, -0.05) is 13.0 Å². The highest BCUT2D eigenvalue weighted by molar-refractivity contribution is 5.11. The van der Waals surface area contributed by atoms with Crippen LogP contribution in [0.15, 0.2) is 18.2 Å². The predicted octanol–water partition coefficient (Wildman–Crippen LogP) is 2.33. The third-order valence-corrected chi connectivity index (χ3v) is 4.56. The fourth-order valence-corrected chi connectivity index (χ4v) is 3.52. The van der Waals surface area contributed by atoms with Gasteiger partial charge in [0, 0.05) is 25.7 Å². The summed E-state index contributed by atoms with van der Waals surface area (Å²) in [6.45, 7) is 7.00. The van der Waals surface area contributed by atoms with Crippen molar-refractivity contribution in [3.8, 4) is 0 Å². The summed E-state index contributed by atoms with van der Waals surface area (Å²) in [6.07, 6.45) is 5.45. The van der Waals surface area contributed by atoms with Gasteiger partial charge in [0.1, 0.15) is 0 Å². The second-order valence-corrected chi connectivity index (χ2v) is 6.18. The van der Waals surface area contributed by atoms with E-state index in [4.69, 9.17) is 9.72 Å². The number of fused-ring (bicyclic) bond motifs is 1. The van der Waals surface area contributed by atoms with E-state index >= 15 is 0 Å². The van der Waals surface area contributed by atoms with Gasteiger partial charge in [0.05, 0.1) is 24.1 Å². The summed E-state index contributed by atoms with van der Waals surface area (Å²) in [6, 6.07) is 7.02. The van der Waals surface area contributed by atoms with E-state index in [0.717, 1.165) is 44.9 Å². The Morgan fingerprint density at radius 3 is 3.14 bits per heavy atom. The standard InChI is InChI=1S/C17H27N3O/c1-2-9-18-12-14-5-3-6-15(19-14)13-20-10-11-21-17-8-4-7-16(17)20/h3,5-6,16-18H,2,4,7-13H2,1H3. The van der Waals surface area contributed by atoms with Crippen molar-refractivity contribution in [1.82, 2.24) is 15.2 Å². The van der Waals surface area contributed by atoms with Crippen molar-refractivity contribution in [2.75, 3.05) is 19.7 Å². The van der Waals surface area contributed by atoms with Gasteiger partial charge in [-0.25, -0.2) is 0 Å². The van der Waals surface area contributed by atoms with Crippen molar-refractivity contribution in [3.63, 3.8) is 0 Å². The Hall–Kier alpha value is -0.970. The minimum atomic E-state index is 0.466. The number of pyridine rings is 1. The lowest BCUT2D eigenvalue weighted by molar-refractivity contribution is -0.0592. The van der Waals surface area contributed by atoms with Crippen molar-refractivity contribution in [2.24, 2.45) is 0 Å². The Labute approximate surface area is 127 Å². The van der Waals surface area contributed by atoms with Crippen LogP contribution in [0.2, 0.25) is 0 Å². The van der Waals surface area contributed by atoms with Crippen molar-refractivity contribution in [3.05, 3.63) is 29.6 Å². The maximum absolute atomic E-state index is 5.89. The fourth-order valence-electron chi connectivity index (χ4n) is 3.52. The van der Waals surface area contributed by atoms with Gasteiger partial charge in [-0.3, -0.25) is 9.88 Å². The van der Waals surface area contributed by atoms with Crippen LogP contribution in [0.25, 0.3) is 0 Å². The summed E-state index contributed by atoms with van der Waals surface area (Å²) in [7, 11) is 0. The van der Waals surface area contributed by atoms with E-state index in [0.29, 0.717) is 12.1 Å². The van der Waals surface area contributed by atoms with E-state index in [1.54, 1.807) is 0 Å². The van der Waals surface area contributed by atoms with Crippen molar-refractivity contribution in [1.29, 1.82) is 0 Å². The van der Waals surface area contributed by atoms with E-state index in [1.165, 1.54) is 25.0 Å². The Kier molecular flexibility index (Phi) is 5.22. The second-order valence-electron chi connectivity index (χ2n) is 6.18. The molecule has 2 fully saturated rings. The first-order valence-corrected chi connectivity index (χ1v) is 8.38. The van der Waals surface area contributed by atoms with Gasteiger partial charge in [0.2, 0.25) is 0 Å². The van der Waals surface area contributed by atoms with Gasteiger partial charge in [-0.05, 0) is 44.4 Å². The van der Waals surface area contributed by atoms with Crippen LogP contribution in [0.3, 0.4) is 0 Å². The molecule has 2 aliphatic rings. The monoisotopic (exact) mass is 289 g/mol. The molecular formula is C17H27N3O. The zero-order valence-corrected chi connectivity index (χ0v) is 13.1. The zero-order chi connectivity index (χ0) is 14.5. The second kappa shape index (κ2) is 7.34. The summed E-state index contributed by atoms with van der Waals surface area (Å²) in [4.78, 5) is 7.38. The number of nitrogens with zero attached hydrogens (tertiary/aromatic N) is 2. The highest BCUT2D eigenvalue weighted by atomic mass is 16.5. The SMILES string of the molecule is CCCNCc1cccc(CN2CCOC3CCCC32)n1. The van der Waals surface area contributed by atoms with Crippen LogP contribution in [0.5, 0.6) is 0 Å². The summed E-state index contributed by atoms with van der Waals surface area (Å²) >= 11 is 0. The van der Waals surface area contributed by atoms with Gasteiger partial charge in [0.25, 0.3) is 0 Å². The molecule has 1 aromatic rings. The van der Waals surface area contributed by atoms with Crippen molar-refractivity contribution in [2.45, 2.75) is 57.8 Å². The fraction of sp³-hybridized carbons (Fsp3) is 0.706. The first-order chi connectivity index (χ1) is 10.4. The number of ether oxygens (including phenoxy) is 1. The molecule has 21 heavy (non-hydrogen) atoms. The highest BCUT2D eigenvalue weighted by Gasteiger charge is 2.35. The molecule has 0 radical (unpaired) electrons. The third-order valence-electron chi connectivity index (χ3n) is 4.56. The molecule has 2 unspecified atom stereocenters. The van der Waals surface area contributed by atoms with Crippen LogP contribution < -0.4 is 5.32 Å². The van der Waals surface area contributed by atoms with Gasteiger partial charge in [-0.15, -0.1) is 0 Å². The molecule has 2 heterocycles. The molecule has 1 aliphatic heterocycles. The van der Waals surface area contributed by atoms with Crippen LogP contribution in [-0.2, 0) is 17.8 Å². The van der Waals surface area contributed by atoms with Gasteiger partial charge in [-0.2, -0.15) is 0 Å². The minimum absolute atomic E-state index is 0.466. The summed E-state index contributed by atoms with van der Waals surface area (Å²) in [5, 5.41) is 3.42. The number of nitrogens with one attached hydrogen (secondary N) is 1. The molecule has 2 atom stereocenters. The van der Waals surface area contributed by atoms with Crippen LogP contribution in [0, 0.1) is 0 Å². The first kappa shape index (κ1) is 14.9. The molecule has 3 rings (SSSR count). The predicted molar refractivity (Wildman–Crippen MR) is 84.0 cm³/mol. The molecule has 0 aromatic carbocycles. The molecule has 0 amide bonds. The van der Waals surface area contributed by atoms with E-state index in [-0.39, 0.29) is 0 Å². The summed E-state index contributed by atoms with van der Waals surface area (Å²) in [5.74, 6) is 0. The molecule has 0 bridgehead atoms. The Morgan fingerprint density at radius 2 is 2.24 bits per heavy atom. The lowest BCUT2D eigenvalue weighted by atomic mass is 10.1. The molecule has 4 heteroatoms. The summed E-state index contributed by atoms with van der Waals surface area (Å²) in [5.41, 5.74) is 2.34. The lowest BCUT2D eigenvalue weighted by Crippen LogP contribution is -2.48.